The minimum atomic E-state index is -0.838. The van der Waals surface area contributed by atoms with Crippen molar-refractivity contribution in [2.75, 3.05) is 0 Å². The summed E-state index contributed by atoms with van der Waals surface area (Å²) in [5.74, 6) is -0.486. The van der Waals surface area contributed by atoms with E-state index in [1.54, 1.807) is 51.3 Å². The Hall–Kier alpha value is -1.68. The van der Waals surface area contributed by atoms with Gasteiger partial charge in [0.25, 0.3) is 0 Å². The Morgan fingerprint density at radius 1 is 1.29 bits per heavy atom. The molecule has 0 aliphatic heterocycles. The van der Waals surface area contributed by atoms with Gasteiger partial charge in [-0.15, -0.1) is 0 Å². The van der Waals surface area contributed by atoms with Gasteiger partial charge in [0.1, 0.15) is 11.6 Å². The Labute approximate surface area is 101 Å². The molecule has 1 atom stereocenters. The first-order valence-corrected chi connectivity index (χ1v) is 5.30. The van der Waals surface area contributed by atoms with Crippen molar-refractivity contribution >= 4 is 12.3 Å². The van der Waals surface area contributed by atoms with Crippen molar-refractivity contribution in [3.8, 4) is 0 Å². The van der Waals surface area contributed by atoms with Crippen LogP contribution >= 0.6 is 0 Å². The molecule has 0 amide bonds. The van der Waals surface area contributed by atoms with E-state index in [0.717, 1.165) is 0 Å². The maximum atomic E-state index is 11.7. The fourth-order valence-corrected chi connectivity index (χ4v) is 1.26. The van der Waals surface area contributed by atoms with Gasteiger partial charge < -0.3 is 10.5 Å². The highest BCUT2D eigenvalue weighted by Crippen LogP contribution is 2.16. The number of hydrogen-bond acceptors (Lipinski definition) is 4. The Bertz CT molecular complexity index is 404. The normalized spacial score (nSPS) is 12.9. The van der Waals surface area contributed by atoms with Crippen molar-refractivity contribution in [2.24, 2.45) is 5.73 Å². The van der Waals surface area contributed by atoms with Crippen LogP contribution in [-0.2, 0) is 14.3 Å². The van der Waals surface area contributed by atoms with E-state index in [-0.39, 0.29) is 0 Å². The minimum absolute atomic E-state index is 0.421. The zero-order chi connectivity index (χ0) is 13.1. The van der Waals surface area contributed by atoms with Crippen LogP contribution in [0.25, 0.3) is 0 Å². The van der Waals surface area contributed by atoms with Crippen LogP contribution in [0.1, 0.15) is 37.9 Å². The molecule has 0 aromatic heterocycles. The molecular weight excluding hydrogens is 218 g/mol. The lowest BCUT2D eigenvalue weighted by Crippen LogP contribution is -2.31. The fraction of sp³-hybridized carbons (Fsp3) is 0.385. The Balaban J connectivity index is 2.78. The third-order valence-corrected chi connectivity index (χ3v) is 2.05. The van der Waals surface area contributed by atoms with Crippen LogP contribution in [0.5, 0.6) is 0 Å². The van der Waals surface area contributed by atoms with Gasteiger partial charge in [-0.2, -0.15) is 0 Å². The number of hydrogen-bond donors (Lipinski definition) is 1. The van der Waals surface area contributed by atoms with Crippen molar-refractivity contribution in [3.05, 3.63) is 35.4 Å². The molecule has 0 saturated heterocycles. The van der Waals surface area contributed by atoms with Gasteiger partial charge in [-0.25, -0.2) is 4.79 Å². The third kappa shape index (κ3) is 4.00. The molecule has 0 spiro atoms. The summed E-state index contributed by atoms with van der Waals surface area (Å²) in [6.45, 7) is 5.34. The molecule has 0 bridgehead atoms. The molecule has 1 aromatic carbocycles. The summed E-state index contributed by atoms with van der Waals surface area (Å²) in [6.07, 6.45) is 1.75. The van der Waals surface area contributed by atoms with Crippen molar-refractivity contribution in [2.45, 2.75) is 32.4 Å². The summed E-state index contributed by atoms with van der Waals surface area (Å²) in [4.78, 5) is 22.1. The highest BCUT2D eigenvalue weighted by Gasteiger charge is 2.23. The highest BCUT2D eigenvalue weighted by atomic mass is 16.6. The smallest absolute Gasteiger partial charge is 0.328 e. The second-order valence-electron chi connectivity index (χ2n) is 4.74. The van der Waals surface area contributed by atoms with Crippen molar-refractivity contribution < 1.29 is 14.3 Å². The van der Waals surface area contributed by atoms with Crippen molar-refractivity contribution in [1.82, 2.24) is 0 Å². The monoisotopic (exact) mass is 234 g/mol. The second kappa shape index (κ2) is 5.10. The minimum Gasteiger partial charge on any atom is -0.459 e. The summed E-state index contributed by atoms with van der Waals surface area (Å²) in [5.41, 5.74) is 6.23. The van der Waals surface area contributed by atoms with Crippen LogP contribution in [0.2, 0.25) is 0 Å². The van der Waals surface area contributed by atoms with E-state index in [1.165, 1.54) is 0 Å². The number of carbonyl (C=O) groups is 1. The molecule has 1 radical (unpaired) electrons. The number of ether oxygens (including phenoxy) is 1. The first kappa shape index (κ1) is 13.4. The van der Waals surface area contributed by atoms with Crippen LogP contribution in [0.3, 0.4) is 0 Å². The molecule has 1 aromatic rings. The number of rotatable bonds is 3. The van der Waals surface area contributed by atoms with E-state index in [9.17, 15) is 9.59 Å². The first-order chi connectivity index (χ1) is 7.83. The largest absolute Gasteiger partial charge is 0.459 e. The topological polar surface area (TPSA) is 69.4 Å². The van der Waals surface area contributed by atoms with Crippen LogP contribution in [0.4, 0.5) is 0 Å². The number of esters is 1. The van der Waals surface area contributed by atoms with Crippen molar-refractivity contribution in [3.63, 3.8) is 0 Å². The third-order valence-electron chi connectivity index (χ3n) is 2.05. The molecule has 17 heavy (non-hydrogen) atoms. The molecule has 0 saturated carbocycles. The maximum absolute atomic E-state index is 11.7. The molecule has 1 rings (SSSR count). The number of nitrogens with two attached hydrogens (primary N) is 1. The lowest BCUT2D eigenvalue weighted by Gasteiger charge is -2.22. The second-order valence-corrected chi connectivity index (χ2v) is 4.74. The van der Waals surface area contributed by atoms with E-state index in [1.807, 2.05) is 0 Å². The number of carbonyl (C=O) groups excluding carboxylic acids is 2. The molecule has 1 unspecified atom stereocenters. The summed E-state index contributed by atoms with van der Waals surface area (Å²) in [5, 5.41) is 0. The van der Waals surface area contributed by atoms with Gasteiger partial charge in [0.2, 0.25) is 6.29 Å². The van der Waals surface area contributed by atoms with Gasteiger partial charge in [-0.1, -0.05) is 24.3 Å². The van der Waals surface area contributed by atoms with Gasteiger partial charge in [-0.3, -0.25) is 4.79 Å². The molecule has 4 heteroatoms. The van der Waals surface area contributed by atoms with Gasteiger partial charge >= 0.3 is 5.97 Å². The molecular formula is C13H16NO3. The predicted molar refractivity (Wildman–Crippen MR) is 64.0 cm³/mol. The van der Waals surface area contributed by atoms with E-state index in [2.05, 4.69) is 0 Å². The van der Waals surface area contributed by atoms with Gasteiger partial charge in [0.05, 0.1) is 0 Å². The van der Waals surface area contributed by atoms with Gasteiger partial charge in [0.15, 0.2) is 0 Å². The molecule has 0 aliphatic rings. The molecule has 2 N–H and O–H groups in total. The molecule has 0 aliphatic carbocycles. The first-order valence-electron chi connectivity index (χ1n) is 5.30. The lowest BCUT2D eigenvalue weighted by molar-refractivity contribution is -0.156. The standard InChI is InChI=1S/C13H16NO3/c1-13(2,3)17-12(16)11(14)10-6-4-9(8-15)5-7-10/h4-7,11H,14H2,1-3H3. The van der Waals surface area contributed by atoms with Crippen LogP contribution in [0.15, 0.2) is 24.3 Å². The van der Waals surface area contributed by atoms with Gasteiger partial charge in [0, 0.05) is 5.56 Å². The maximum Gasteiger partial charge on any atom is 0.328 e. The number of benzene rings is 1. The van der Waals surface area contributed by atoms with E-state index < -0.39 is 17.6 Å². The van der Waals surface area contributed by atoms with Crippen molar-refractivity contribution in [1.29, 1.82) is 0 Å². The Morgan fingerprint density at radius 2 is 1.82 bits per heavy atom. The van der Waals surface area contributed by atoms with Crippen LogP contribution in [-0.4, -0.2) is 17.9 Å². The summed E-state index contributed by atoms with van der Waals surface area (Å²) >= 11 is 0. The summed E-state index contributed by atoms with van der Waals surface area (Å²) < 4.78 is 5.17. The predicted octanol–water partition coefficient (Wildman–Crippen LogP) is 1.49. The fourth-order valence-electron chi connectivity index (χ4n) is 1.26. The van der Waals surface area contributed by atoms with Crippen LogP contribution in [0, 0.1) is 0 Å². The zero-order valence-electron chi connectivity index (χ0n) is 10.2. The SMILES string of the molecule is CC(C)(C)OC(=O)C(N)c1ccc([C]=O)cc1. The summed E-state index contributed by atoms with van der Waals surface area (Å²) in [6, 6.07) is 5.53. The van der Waals surface area contributed by atoms with E-state index in [0.29, 0.717) is 11.1 Å². The average molecular weight is 234 g/mol. The van der Waals surface area contributed by atoms with E-state index in [4.69, 9.17) is 10.5 Å². The molecule has 0 fully saturated rings. The molecule has 4 nitrogen and oxygen atoms in total. The quantitative estimate of drug-likeness (QED) is 0.804. The zero-order valence-corrected chi connectivity index (χ0v) is 10.2. The average Bonchev–Trinajstić information content (AvgIpc) is 2.26. The molecule has 0 heterocycles. The van der Waals surface area contributed by atoms with E-state index >= 15 is 0 Å². The summed E-state index contributed by atoms with van der Waals surface area (Å²) in [7, 11) is 0. The van der Waals surface area contributed by atoms with Crippen LogP contribution < -0.4 is 5.73 Å². The molecule has 91 valence electrons. The lowest BCUT2D eigenvalue weighted by atomic mass is 10.1. The highest BCUT2D eigenvalue weighted by molar-refractivity contribution is 5.79. The van der Waals surface area contributed by atoms with Gasteiger partial charge in [-0.05, 0) is 26.3 Å². The Morgan fingerprint density at radius 3 is 2.24 bits per heavy atom. The Kier molecular flexibility index (Phi) is 4.02.